The van der Waals surface area contributed by atoms with Crippen LogP contribution in [0.15, 0.2) is 24.3 Å². The fraction of sp³-hybridized carbons (Fsp3) is 0.286. The van der Waals surface area contributed by atoms with Crippen molar-refractivity contribution in [1.29, 1.82) is 0 Å². The van der Waals surface area contributed by atoms with Crippen LogP contribution in [0.1, 0.15) is 31.0 Å². The molecule has 1 unspecified atom stereocenters. The minimum Gasteiger partial charge on any atom is -0.347 e. The third-order valence-electron chi connectivity index (χ3n) is 2.90. The second kappa shape index (κ2) is 6.25. The van der Waals surface area contributed by atoms with Crippen LogP contribution in [0.25, 0.3) is 0 Å². The number of aryl methyl sites for hydroxylation is 1. The predicted molar refractivity (Wildman–Crippen MR) is 77.3 cm³/mol. The van der Waals surface area contributed by atoms with Crippen LogP contribution >= 0.6 is 0 Å². The standard InChI is InChI=1S/C14H16FN5O/c1-8-6-4-5-7-11(8)9(2)16-13-18-12(15)19-14(20-13)17-10(3)21/h4-7,9H,1-3H3,(H2,16,17,18,19,20,21). The lowest BCUT2D eigenvalue weighted by Gasteiger charge is -2.16. The van der Waals surface area contributed by atoms with Gasteiger partial charge in [0.05, 0.1) is 6.04 Å². The van der Waals surface area contributed by atoms with Crippen LogP contribution in [0.4, 0.5) is 16.3 Å². The maximum absolute atomic E-state index is 13.4. The quantitative estimate of drug-likeness (QED) is 0.903. The maximum atomic E-state index is 13.4. The number of rotatable bonds is 4. The molecular formula is C14H16FN5O. The lowest BCUT2D eigenvalue weighted by molar-refractivity contribution is -0.114. The van der Waals surface area contributed by atoms with Crippen LogP contribution in [0.3, 0.4) is 0 Å². The third kappa shape index (κ3) is 3.95. The molecule has 0 bridgehead atoms. The largest absolute Gasteiger partial charge is 0.347 e. The zero-order valence-electron chi connectivity index (χ0n) is 12.0. The van der Waals surface area contributed by atoms with Gasteiger partial charge in [-0.1, -0.05) is 24.3 Å². The first kappa shape index (κ1) is 14.8. The van der Waals surface area contributed by atoms with Crippen molar-refractivity contribution in [2.45, 2.75) is 26.8 Å². The van der Waals surface area contributed by atoms with Gasteiger partial charge in [-0.25, -0.2) is 0 Å². The Hall–Kier alpha value is -2.57. The van der Waals surface area contributed by atoms with Crippen LogP contribution in [0.2, 0.25) is 0 Å². The number of carbonyl (C=O) groups excluding carboxylic acids is 1. The molecule has 1 aromatic carbocycles. The normalized spacial score (nSPS) is 11.8. The molecule has 0 aliphatic carbocycles. The Labute approximate surface area is 121 Å². The first-order valence-corrected chi connectivity index (χ1v) is 6.47. The molecule has 0 spiro atoms. The van der Waals surface area contributed by atoms with Crippen molar-refractivity contribution in [2.75, 3.05) is 10.6 Å². The molecule has 0 saturated carbocycles. The van der Waals surface area contributed by atoms with Gasteiger partial charge in [-0.15, -0.1) is 0 Å². The number of anilines is 2. The number of nitrogens with zero attached hydrogens (tertiary/aromatic N) is 3. The van der Waals surface area contributed by atoms with Crippen molar-refractivity contribution >= 4 is 17.8 Å². The van der Waals surface area contributed by atoms with Gasteiger partial charge in [-0.3, -0.25) is 10.1 Å². The molecule has 2 N–H and O–H groups in total. The van der Waals surface area contributed by atoms with E-state index < -0.39 is 6.08 Å². The summed E-state index contributed by atoms with van der Waals surface area (Å²) in [6.07, 6.45) is -0.951. The summed E-state index contributed by atoms with van der Waals surface area (Å²) in [6.45, 7) is 5.21. The second-order valence-electron chi connectivity index (χ2n) is 4.66. The van der Waals surface area contributed by atoms with E-state index in [4.69, 9.17) is 0 Å². The van der Waals surface area contributed by atoms with E-state index >= 15 is 0 Å². The highest BCUT2D eigenvalue weighted by Gasteiger charge is 2.12. The Bertz CT molecular complexity index is 662. The minimum absolute atomic E-state index is 0.0713. The summed E-state index contributed by atoms with van der Waals surface area (Å²) >= 11 is 0. The van der Waals surface area contributed by atoms with Gasteiger partial charge in [0.2, 0.25) is 17.8 Å². The molecule has 0 fully saturated rings. The SMILES string of the molecule is CC(=O)Nc1nc(F)nc(NC(C)c2ccccc2C)n1. The summed E-state index contributed by atoms with van der Waals surface area (Å²) in [5, 5.41) is 5.33. The lowest BCUT2D eigenvalue weighted by atomic mass is 10.0. The Morgan fingerprint density at radius 1 is 1.19 bits per heavy atom. The van der Waals surface area contributed by atoms with Gasteiger partial charge in [0.15, 0.2) is 0 Å². The van der Waals surface area contributed by atoms with Gasteiger partial charge in [-0.05, 0) is 25.0 Å². The lowest BCUT2D eigenvalue weighted by Crippen LogP contribution is -2.15. The van der Waals surface area contributed by atoms with E-state index in [0.717, 1.165) is 11.1 Å². The number of amides is 1. The highest BCUT2D eigenvalue weighted by Crippen LogP contribution is 2.20. The van der Waals surface area contributed by atoms with Gasteiger partial charge in [-0.2, -0.15) is 19.3 Å². The molecule has 2 rings (SSSR count). The monoisotopic (exact) mass is 289 g/mol. The Morgan fingerprint density at radius 3 is 2.52 bits per heavy atom. The van der Waals surface area contributed by atoms with Crippen molar-refractivity contribution < 1.29 is 9.18 Å². The summed E-state index contributed by atoms with van der Waals surface area (Å²) in [5.74, 6) is -0.421. The highest BCUT2D eigenvalue weighted by molar-refractivity contribution is 5.86. The molecule has 0 aliphatic rings. The van der Waals surface area contributed by atoms with Crippen molar-refractivity contribution in [1.82, 2.24) is 15.0 Å². The van der Waals surface area contributed by atoms with Crippen molar-refractivity contribution in [2.24, 2.45) is 0 Å². The van der Waals surface area contributed by atoms with E-state index in [1.807, 2.05) is 38.1 Å². The van der Waals surface area contributed by atoms with Crippen LogP contribution in [-0.4, -0.2) is 20.9 Å². The van der Waals surface area contributed by atoms with Crippen LogP contribution < -0.4 is 10.6 Å². The zero-order valence-corrected chi connectivity index (χ0v) is 12.0. The molecule has 1 heterocycles. The number of benzene rings is 1. The van der Waals surface area contributed by atoms with Gasteiger partial charge in [0.1, 0.15) is 0 Å². The Kier molecular flexibility index (Phi) is 4.42. The Morgan fingerprint density at radius 2 is 1.86 bits per heavy atom. The molecule has 0 saturated heterocycles. The number of halogens is 1. The zero-order chi connectivity index (χ0) is 15.4. The van der Waals surface area contributed by atoms with Gasteiger partial charge < -0.3 is 5.32 Å². The number of hydrogen-bond acceptors (Lipinski definition) is 5. The summed E-state index contributed by atoms with van der Waals surface area (Å²) < 4.78 is 13.4. The molecule has 7 heteroatoms. The molecule has 1 amide bonds. The molecule has 2 aromatic rings. The van der Waals surface area contributed by atoms with E-state index in [2.05, 4.69) is 25.6 Å². The first-order chi connectivity index (χ1) is 9.95. The van der Waals surface area contributed by atoms with Crippen molar-refractivity contribution in [3.05, 3.63) is 41.5 Å². The number of aromatic nitrogens is 3. The fourth-order valence-electron chi connectivity index (χ4n) is 1.97. The molecule has 1 aromatic heterocycles. The van der Waals surface area contributed by atoms with Gasteiger partial charge >= 0.3 is 6.08 Å². The molecular weight excluding hydrogens is 273 g/mol. The van der Waals surface area contributed by atoms with E-state index in [1.54, 1.807) is 0 Å². The van der Waals surface area contributed by atoms with Crippen LogP contribution in [0.5, 0.6) is 0 Å². The average Bonchev–Trinajstić information content (AvgIpc) is 2.37. The van der Waals surface area contributed by atoms with E-state index in [9.17, 15) is 9.18 Å². The molecule has 0 radical (unpaired) electrons. The van der Waals surface area contributed by atoms with Crippen LogP contribution in [-0.2, 0) is 4.79 Å². The Balaban J connectivity index is 2.21. The summed E-state index contributed by atoms with van der Waals surface area (Å²) in [7, 11) is 0. The van der Waals surface area contributed by atoms with E-state index in [1.165, 1.54) is 6.92 Å². The first-order valence-electron chi connectivity index (χ1n) is 6.47. The predicted octanol–water partition coefficient (Wildman–Crippen LogP) is 2.45. The second-order valence-corrected chi connectivity index (χ2v) is 4.66. The fourth-order valence-corrected chi connectivity index (χ4v) is 1.97. The number of hydrogen-bond donors (Lipinski definition) is 2. The molecule has 1 atom stereocenters. The van der Waals surface area contributed by atoms with E-state index in [0.29, 0.717) is 0 Å². The number of carbonyl (C=O) groups is 1. The molecule has 110 valence electrons. The van der Waals surface area contributed by atoms with Crippen LogP contribution in [0, 0.1) is 13.0 Å². The third-order valence-corrected chi connectivity index (χ3v) is 2.90. The summed E-state index contributed by atoms with van der Waals surface area (Å²) in [6, 6.07) is 7.72. The molecule has 21 heavy (non-hydrogen) atoms. The summed E-state index contributed by atoms with van der Waals surface area (Å²) in [4.78, 5) is 21.9. The van der Waals surface area contributed by atoms with Gasteiger partial charge in [0.25, 0.3) is 0 Å². The van der Waals surface area contributed by atoms with Crippen molar-refractivity contribution in [3.63, 3.8) is 0 Å². The van der Waals surface area contributed by atoms with Gasteiger partial charge in [0, 0.05) is 6.92 Å². The van der Waals surface area contributed by atoms with E-state index in [-0.39, 0.29) is 23.8 Å². The molecule has 6 nitrogen and oxygen atoms in total. The van der Waals surface area contributed by atoms with Crippen molar-refractivity contribution in [3.8, 4) is 0 Å². The highest BCUT2D eigenvalue weighted by atomic mass is 19.1. The minimum atomic E-state index is -0.951. The summed E-state index contributed by atoms with van der Waals surface area (Å²) in [5.41, 5.74) is 2.16. The topological polar surface area (TPSA) is 79.8 Å². The smallest absolute Gasteiger partial charge is 0.315 e. The average molecular weight is 289 g/mol. The number of nitrogens with one attached hydrogen (secondary N) is 2. The maximum Gasteiger partial charge on any atom is 0.315 e. The molecule has 0 aliphatic heterocycles.